The summed E-state index contributed by atoms with van der Waals surface area (Å²) in [6.45, 7) is 0.112. The fourth-order valence-electron chi connectivity index (χ4n) is 2.40. The fraction of sp³-hybridized carbons (Fsp3) is 0.158. The van der Waals surface area contributed by atoms with Gasteiger partial charge in [-0.25, -0.2) is 9.97 Å². The maximum absolute atomic E-state index is 8.36. The molecule has 4 aromatic rings. The Labute approximate surface area is 160 Å². The van der Waals surface area contributed by atoms with E-state index in [9.17, 15) is 0 Å². The zero-order valence-electron chi connectivity index (χ0n) is 15.3. The Morgan fingerprint density at radius 2 is 2.00 bits per heavy atom. The van der Waals surface area contributed by atoms with Gasteiger partial charge in [0, 0.05) is 19.3 Å². The Kier molecular flexibility index (Phi) is 5.85. The summed E-state index contributed by atoms with van der Waals surface area (Å²) in [5.41, 5.74) is 2.93. The Bertz CT molecular complexity index is 1060. The molecule has 1 aromatic carbocycles. The number of carbonyl (C=O) groups is 1. The van der Waals surface area contributed by atoms with Crippen LogP contribution in [0.15, 0.2) is 53.5 Å². The van der Waals surface area contributed by atoms with E-state index in [0.29, 0.717) is 29.5 Å². The van der Waals surface area contributed by atoms with Crippen molar-refractivity contribution < 1.29 is 23.8 Å². The van der Waals surface area contributed by atoms with E-state index in [2.05, 4.69) is 15.0 Å². The zero-order chi connectivity index (χ0) is 19.9. The molecule has 0 aliphatic carbocycles. The number of fused-ring (bicyclic) bond motifs is 1. The second-order valence-corrected chi connectivity index (χ2v) is 5.66. The van der Waals surface area contributed by atoms with E-state index in [4.69, 9.17) is 23.8 Å². The van der Waals surface area contributed by atoms with E-state index in [1.165, 1.54) is 0 Å². The molecule has 0 radical (unpaired) electrons. The highest BCUT2D eigenvalue weighted by molar-refractivity contribution is 5.77. The highest BCUT2D eigenvalue weighted by Crippen LogP contribution is 2.26. The number of ether oxygens (including phenoxy) is 2. The monoisotopic (exact) mass is 382 g/mol. The molecule has 0 aliphatic rings. The molecule has 1 N–H and O–H groups in total. The van der Waals surface area contributed by atoms with Gasteiger partial charge in [-0.1, -0.05) is 0 Å². The number of methoxy groups -OCH3 is 1. The highest BCUT2D eigenvalue weighted by atomic mass is 16.5. The molecular weight excluding hydrogens is 364 g/mol. The number of hydrogen-bond donors (Lipinski definition) is 1. The zero-order valence-corrected chi connectivity index (χ0v) is 15.3. The predicted octanol–water partition coefficient (Wildman–Crippen LogP) is 2.91. The first-order valence-electron chi connectivity index (χ1n) is 8.21. The number of aryl methyl sites for hydroxylation is 1. The van der Waals surface area contributed by atoms with Crippen molar-refractivity contribution in [2.45, 2.75) is 6.61 Å². The largest absolute Gasteiger partial charge is 0.495 e. The minimum Gasteiger partial charge on any atom is -0.495 e. The van der Waals surface area contributed by atoms with Crippen LogP contribution in [0.1, 0.15) is 5.69 Å². The van der Waals surface area contributed by atoms with Crippen LogP contribution < -0.4 is 9.47 Å². The first-order chi connectivity index (χ1) is 13.6. The van der Waals surface area contributed by atoms with Crippen LogP contribution in [0.5, 0.6) is 11.5 Å². The Morgan fingerprint density at radius 1 is 1.21 bits per heavy atom. The predicted molar refractivity (Wildman–Crippen MR) is 100 cm³/mol. The van der Waals surface area contributed by atoms with Crippen molar-refractivity contribution in [3.05, 3.63) is 54.7 Å². The quantitative estimate of drug-likeness (QED) is 0.524. The SMILES string of the molecule is COc1ccc(COc2ccc3oc(-c4cn(C)cn4)nc3c2)nc1.O=CO. The van der Waals surface area contributed by atoms with Gasteiger partial charge in [0.2, 0.25) is 5.89 Å². The molecule has 9 heteroatoms. The molecule has 0 bridgehead atoms. The normalized spacial score (nSPS) is 10.2. The van der Waals surface area contributed by atoms with E-state index < -0.39 is 0 Å². The standard InChI is InChI=1S/C18H16N4O3.CH2O2/c1-22-9-16(20-11-22)18-21-15-7-13(5-6-17(15)25-18)24-10-12-3-4-14(23-2)8-19-12;2-1-3/h3-9,11H,10H2,1-2H3;1H,(H,2,3). The van der Waals surface area contributed by atoms with Gasteiger partial charge in [-0.05, 0) is 24.3 Å². The number of nitrogens with zero attached hydrogens (tertiary/aromatic N) is 4. The maximum atomic E-state index is 8.36. The molecule has 0 unspecified atom stereocenters. The first kappa shape index (κ1) is 18.9. The van der Waals surface area contributed by atoms with Crippen molar-refractivity contribution in [2.24, 2.45) is 7.05 Å². The molecule has 0 saturated carbocycles. The van der Waals surface area contributed by atoms with Gasteiger partial charge >= 0.3 is 0 Å². The van der Waals surface area contributed by atoms with Gasteiger partial charge in [-0.2, -0.15) is 0 Å². The molecule has 0 aliphatic heterocycles. The Morgan fingerprint density at radius 3 is 2.64 bits per heavy atom. The third kappa shape index (κ3) is 4.44. The molecule has 0 fully saturated rings. The van der Waals surface area contributed by atoms with E-state index in [-0.39, 0.29) is 6.47 Å². The van der Waals surface area contributed by atoms with E-state index >= 15 is 0 Å². The van der Waals surface area contributed by atoms with Crippen LogP contribution in [0.2, 0.25) is 0 Å². The molecule has 4 rings (SSSR count). The van der Waals surface area contributed by atoms with E-state index in [1.807, 2.05) is 48.1 Å². The van der Waals surface area contributed by atoms with Gasteiger partial charge in [-0.15, -0.1) is 0 Å². The Balaban J connectivity index is 0.000000706. The van der Waals surface area contributed by atoms with Gasteiger partial charge < -0.3 is 23.6 Å². The summed E-state index contributed by atoms with van der Waals surface area (Å²) < 4.78 is 18.5. The number of carboxylic acid groups (broad SMARTS) is 1. The lowest BCUT2D eigenvalue weighted by atomic mass is 10.3. The van der Waals surface area contributed by atoms with Gasteiger partial charge in [-0.3, -0.25) is 9.78 Å². The smallest absolute Gasteiger partial charge is 0.290 e. The summed E-state index contributed by atoms with van der Waals surface area (Å²) >= 11 is 0. The fourth-order valence-corrected chi connectivity index (χ4v) is 2.40. The summed E-state index contributed by atoms with van der Waals surface area (Å²) in [6, 6.07) is 9.25. The highest BCUT2D eigenvalue weighted by Gasteiger charge is 2.11. The van der Waals surface area contributed by atoms with Crippen LogP contribution in [0.3, 0.4) is 0 Å². The molecule has 0 amide bonds. The lowest BCUT2D eigenvalue weighted by molar-refractivity contribution is -0.122. The molecular formula is C19H18N4O5. The lowest BCUT2D eigenvalue weighted by Crippen LogP contribution is -1.98. The number of rotatable bonds is 5. The number of pyridine rings is 1. The van der Waals surface area contributed by atoms with Gasteiger partial charge in [0.25, 0.3) is 6.47 Å². The maximum Gasteiger partial charge on any atom is 0.290 e. The molecule has 28 heavy (non-hydrogen) atoms. The first-order valence-corrected chi connectivity index (χ1v) is 8.21. The van der Waals surface area contributed by atoms with Crippen molar-refractivity contribution in [3.63, 3.8) is 0 Å². The molecule has 0 spiro atoms. The van der Waals surface area contributed by atoms with Crippen LogP contribution >= 0.6 is 0 Å². The summed E-state index contributed by atoms with van der Waals surface area (Å²) in [6.07, 6.45) is 5.23. The molecule has 3 heterocycles. The third-order valence-electron chi connectivity index (χ3n) is 3.70. The average molecular weight is 382 g/mol. The van der Waals surface area contributed by atoms with E-state index in [0.717, 1.165) is 17.0 Å². The summed E-state index contributed by atoms with van der Waals surface area (Å²) in [4.78, 5) is 21.4. The molecule has 3 aromatic heterocycles. The molecule has 0 atom stereocenters. The van der Waals surface area contributed by atoms with Crippen molar-refractivity contribution in [2.75, 3.05) is 7.11 Å². The molecule has 9 nitrogen and oxygen atoms in total. The number of oxazole rings is 1. The average Bonchev–Trinajstić information content (AvgIpc) is 3.33. The van der Waals surface area contributed by atoms with Crippen molar-refractivity contribution >= 4 is 17.6 Å². The third-order valence-corrected chi connectivity index (χ3v) is 3.70. The van der Waals surface area contributed by atoms with Crippen LogP contribution in [0, 0.1) is 0 Å². The number of benzene rings is 1. The van der Waals surface area contributed by atoms with Gasteiger partial charge in [0.15, 0.2) is 5.58 Å². The minimum absolute atomic E-state index is 0.250. The lowest BCUT2D eigenvalue weighted by Gasteiger charge is -2.06. The van der Waals surface area contributed by atoms with Gasteiger partial charge in [0.05, 0.1) is 25.3 Å². The van der Waals surface area contributed by atoms with Crippen molar-refractivity contribution in [1.29, 1.82) is 0 Å². The van der Waals surface area contributed by atoms with E-state index in [1.54, 1.807) is 19.6 Å². The van der Waals surface area contributed by atoms with Crippen LogP contribution in [0.25, 0.3) is 22.7 Å². The summed E-state index contributed by atoms with van der Waals surface area (Å²) in [5, 5.41) is 6.89. The summed E-state index contributed by atoms with van der Waals surface area (Å²) in [7, 11) is 3.51. The van der Waals surface area contributed by atoms with Gasteiger partial charge in [0.1, 0.15) is 29.3 Å². The second kappa shape index (κ2) is 8.67. The number of imidazole rings is 1. The van der Waals surface area contributed by atoms with Crippen molar-refractivity contribution in [1.82, 2.24) is 19.5 Å². The molecule has 0 saturated heterocycles. The van der Waals surface area contributed by atoms with Crippen LogP contribution in [-0.4, -0.2) is 38.2 Å². The van der Waals surface area contributed by atoms with Crippen molar-refractivity contribution in [3.8, 4) is 23.1 Å². The topological polar surface area (TPSA) is 113 Å². The molecule has 144 valence electrons. The minimum atomic E-state index is -0.250. The second-order valence-electron chi connectivity index (χ2n) is 5.66. The van der Waals surface area contributed by atoms with Crippen LogP contribution in [0.4, 0.5) is 0 Å². The van der Waals surface area contributed by atoms with Crippen LogP contribution in [-0.2, 0) is 18.4 Å². The number of hydrogen-bond acceptors (Lipinski definition) is 7. The summed E-state index contributed by atoms with van der Waals surface area (Å²) in [5.74, 6) is 1.91. The number of aromatic nitrogens is 4. The Hall–Kier alpha value is -3.88.